The summed E-state index contributed by atoms with van der Waals surface area (Å²) in [6.07, 6.45) is 4.77. The highest BCUT2D eigenvalue weighted by Crippen LogP contribution is 2.37. The summed E-state index contributed by atoms with van der Waals surface area (Å²) in [6.45, 7) is 2.03. The van der Waals surface area contributed by atoms with E-state index in [2.05, 4.69) is 5.32 Å². The van der Waals surface area contributed by atoms with E-state index in [0.29, 0.717) is 12.8 Å². The van der Waals surface area contributed by atoms with Crippen molar-refractivity contribution < 1.29 is 19.5 Å². The van der Waals surface area contributed by atoms with Gasteiger partial charge in [0.05, 0.1) is 12.1 Å². The van der Waals surface area contributed by atoms with Gasteiger partial charge in [-0.25, -0.2) is 4.79 Å². The Labute approximate surface area is 135 Å². The molecule has 2 fully saturated rings. The van der Waals surface area contributed by atoms with Gasteiger partial charge in [0.25, 0.3) is 0 Å². The second-order valence-corrected chi connectivity index (χ2v) is 7.19. The first kappa shape index (κ1) is 17.1. The van der Waals surface area contributed by atoms with Gasteiger partial charge >= 0.3 is 12.0 Å². The number of nitrogens with zero attached hydrogens (tertiary/aromatic N) is 1. The third kappa shape index (κ3) is 3.94. The van der Waals surface area contributed by atoms with Crippen molar-refractivity contribution in [3.05, 3.63) is 0 Å². The zero-order valence-electron chi connectivity index (χ0n) is 12.9. The van der Waals surface area contributed by atoms with Crippen LogP contribution in [0.3, 0.4) is 0 Å². The van der Waals surface area contributed by atoms with Crippen LogP contribution in [0.1, 0.15) is 51.9 Å². The van der Waals surface area contributed by atoms with Crippen molar-refractivity contribution in [3.8, 4) is 0 Å². The molecular formula is C15H24N2O4S. The molecule has 124 valence electrons. The fourth-order valence-electron chi connectivity index (χ4n) is 3.10. The quantitative estimate of drug-likeness (QED) is 0.527. The molecule has 0 radical (unpaired) electrons. The van der Waals surface area contributed by atoms with Crippen LogP contribution in [-0.4, -0.2) is 51.0 Å². The SMILES string of the molecule is CCCCC(=O)N1C(=O)NC2C(CCCCC(=O)O)SCC21. The lowest BCUT2D eigenvalue weighted by Crippen LogP contribution is -2.41. The van der Waals surface area contributed by atoms with Gasteiger partial charge in [0.1, 0.15) is 0 Å². The Morgan fingerprint density at radius 2 is 2.09 bits per heavy atom. The van der Waals surface area contributed by atoms with E-state index >= 15 is 0 Å². The molecule has 0 aromatic carbocycles. The predicted molar refractivity (Wildman–Crippen MR) is 84.8 cm³/mol. The third-order valence-corrected chi connectivity index (χ3v) is 5.77. The zero-order chi connectivity index (χ0) is 16.1. The number of amides is 3. The van der Waals surface area contributed by atoms with E-state index in [1.165, 1.54) is 4.90 Å². The lowest BCUT2D eigenvalue weighted by molar-refractivity contribution is -0.137. The number of imide groups is 1. The highest BCUT2D eigenvalue weighted by molar-refractivity contribution is 8.00. The molecule has 0 aliphatic carbocycles. The van der Waals surface area contributed by atoms with Gasteiger partial charge in [-0.05, 0) is 19.3 Å². The van der Waals surface area contributed by atoms with Gasteiger partial charge in [-0.1, -0.05) is 19.8 Å². The zero-order valence-corrected chi connectivity index (χ0v) is 13.7. The molecule has 2 heterocycles. The Bertz CT molecular complexity index is 443. The smallest absolute Gasteiger partial charge is 0.324 e. The summed E-state index contributed by atoms with van der Waals surface area (Å²) in [5, 5.41) is 11.9. The summed E-state index contributed by atoms with van der Waals surface area (Å²) in [5.41, 5.74) is 0. The average Bonchev–Trinajstić information content (AvgIpc) is 2.99. The average molecular weight is 328 g/mol. The lowest BCUT2D eigenvalue weighted by Gasteiger charge is -2.20. The number of urea groups is 1. The molecule has 22 heavy (non-hydrogen) atoms. The summed E-state index contributed by atoms with van der Waals surface area (Å²) in [6, 6.07) is -0.272. The standard InChI is InChI=1S/C15H24N2O4S/c1-2-3-7-12(18)17-10-9-22-11(14(10)16-15(17)21)6-4-5-8-13(19)20/h10-11,14H,2-9H2,1H3,(H,16,21)(H,19,20). The van der Waals surface area contributed by atoms with E-state index < -0.39 is 5.97 Å². The molecule has 7 heteroatoms. The number of fused-ring (bicyclic) bond motifs is 1. The number of hydrogen-bond acceptors (Lipinski definition) is 4. The summed E-state index contributed by atoms with van der Waals surface area (Å²) >= 11 is 1.78. The van der Waals surface area contributed by atoms with Crippen LogP contribution < -0.4 is 5.32 Å². The first-order chi connectivity index (χ1) is 10.5. The van der Waals surface area contributed by atoms with Crippen molar-refractivity contribution in [3.63, 3.8) is 0 Å². The maximum Gasteiger partial charge on any atom is 0.324 e. The van der Waals surface area contributed by atoms with Crippen molar-refractivity contribution in [2.45, 2.75) is 69.2 Å². The number of carbonyl (C=O) groups is 3. The van der Waals surface area contributed by atoms with E-state index in [9.17, 15) is 14.4 Å². The number of unbranched alkanes of at least 4 members (excludes halogenated alkanes) is 2. The molecule has 0 bridgehead atoms. The maximum absolute atomic E-state index is 12.2. The number of aliphatic carboxylic acids is 1. The molecule has 2 rings (SSSR count). The molecular weight excluding hydrogens is 304 g/mol. The topological polar surface area (TPSA) is 86.7 Å². The van der Waals surface area contributed by atoms with Crippen LogP contribution in [-0.2, 0) is 9.59 Å². The number of nitrogens with one attached hydrogen (secondary N) is 1. The van der Waals surface area contributed by atoms with E-state index in [4.69, 9.17) is 5.11 Å². The Balaban J connectivity index is 1.85. The van der Waals surface area contributed by atoms with E-state index in [-0.39, 0.29) is 35.7 Å². The molecule has 3 atom stereocenters. The first-order valence-electron chi connectivity index (χ1n) is 8.00. The Morgan fingerprint density at radius 3 is 2.77 bits per heavy atom. The summed E-state index contributed by atoms with van der Waals surface area (Å²) in [5.74, 6) is -0.0528. The van der Waals surface area contributed by atoms with E-state index in [1.54, 1.807) is 11.8 Å². The van der Waals surface area contributed by atoms with Crippen LogP contribution >= 0.6 is 11.8 Å². The van der Waals surface area contributed by atoms with Crippen molar-refractivity contribution in [1.29, 1.82) is 0 Å². The monoisotopic (exact) mass is 328 g/mol. The number of carboxylic acids is 1. The van der Waals surface area contributed by atoms with Gasteiger partial charge in [0.15, 0.2) is 0 Å². The maximum atomic E-state index is 12.2. The number of thioether (sulfide) groups is 1. The van der Waals surface area contributed by atoms with Gasteiger partial charge in [-0.2, -0.15) is 11.8 Å². The largest absolute Gasteiger partial charge is 0.481 e. The molecule has 2 saturated heterocycles. The highest BCUT2D eigenvalue weighted by Gasteiger charge is 2.49. The van der Waals surface area contributed by atoms with Crippen LogP contribution in [0.5, 0.6) is 0 Å². The van der Waals surface area contributed by atoms with Gasteiger partial charge < -0.3 is 10.4 Å². The normalized spacial score (nSPS) is 26.9. The van der Waals surface area contributed by atoms with Gasteiger partial charge in [-0.3, -0.25) is 14.5 Å². The summed E-state index contributed by atoms with van der Waals surface area (Å²) in [7, 11) is 0. The lowest BCUT2D eigenvalue weighted by atomic mass is 10.0. The summed E-state index contributed by atoms with van der Waals surface area (Å²) < 4.78 is 0. The highest BCUT2D eigenvalue weighted by atomic mass is 32.2. The molecule has 2 aliphatic rings. The number of rotatable bonds is 8. The predicted octanol–water partition coefficient (Wildman–Crippen LogP) is 2.23. The fourth-order valence-corrected chi connectivity index (χ4v) is 4.69. The van der Waals surface area contributed by atoms with Crippen LogP contribution in [0.4, 0.5) is 4.79 Å². The van der Waals surface area contributed by atoms with Crippen LogP contribution in [0, 0.1) is 0 Å². The number of hydrogen-bond donors (Lipinski definition) is 2. The molecule has 0 aromatic heterocycles. The van der Waals surface area contributed by atoms with Gasteiger partial charge in [0, 0.05) is 23.8 Å². The van der Waals surface area contributed by atoms with Gasteiger partial charge in [0.2, 0.25) is 5.91 Å². The first-order valence-corrected chi connectivity index (χ1v) is 9.05. The second-order valence-electron chi connectivity index (χ2n) is 5.92. The third-order valence-electron chi connectivity index (χ3n) is 4.28. The summed E-state index contributed by atoms with van der Waals surface area (Å²) in [4.78, 5) is 36.2. The second kappa shape index (κ2) is 7.85. The number of carboxylic acid groups (broad SMARTS) is 1. The molecule has 3 unspecified atom stereocenters. The Hall–Kier alpha value is -1.24. The van der Waals surface area contributed by atoms with E-state index in [0.717, 1.165) is 31.4 Å². The van der Waals surface area contributed by atoms with Crippen molar-refractivity contribution in [1.82, 2.24) is 10.2 Å². The molecule has 3 amide bonds. The molecule has 2 N–H and O–H groups in total. The molecule has 0 aromatic rings. The van der Waals surface area contributed by atoms with Gasteiger partial charge in [-0.15, -0.1) is 0 Å². The number of carbonyl (C=O) groups excluding carboxylic acids is 2. The molecule has 0 spiro atoms. The van der Waals surface area contributed by atoms with Crippen LogP contribution in [0.25, 0.3) is 0 Å². The van der Waals surface area contributed by atoms with Crippen molar-refractivity contribution in [2.75, 3.05) is 5.75 Å². The molecule has 0 saturated carbocycles. The fraction of sp³-hybridized carbons (Fsp3) is 0.800. The minimum Gasteiger partial charge on any atom is -0.481 e. The van der Waals surface area contributed by atoms with E-state index in [1.807, 2.05) is 6.92 Å². The molecule has 6 nitrogen and oxygen atoms in total. The minimum atomic E-state index is -0.765. The van der Waals surface area contributed by atoms with Crippen LogP contribution in [0.2, 0.25) is 0 Å². The molecule has 2 aliphatic heterocycles. The van der Waals surface area contributed by atoms with Crippen LogP contribution in [0.15, 0.2) is 0 Å². The Kier molecular flexibility index (Phi) is 6.11. The minimum absolute atomic E-state index is 0.0212. The van der Waals surface area contributed by atoms with Crippen molar-refractivity contribution >= 4 is 29.7 Å². The van der Waals surface area contributed by atoms with Crippen molar-refractivity contribution in [2.24, 2.45) is 0 Å². The Morgan fingerprint density at radius 1 is 1.32 bits per heavy atom.